The molecule has 2 heterocycles. The first-order valence-electron chi connectivity index (χ1n) is 7.17. The van der Waals surface area contributed by atoms with Gasteiger partial charge >= 0.3 is 6.36 Å². The minimum Gasteiger partial charge on any atom is -0.406 e. The number of hydrogen-bond donors (Lipinski definition) is 1. The molecule has 22 heavy (non-hydrogen) atoms. The molecule has 2 unspecified atom stereocenters. The van der Waals surface area contributed by atoms with Gasteiger partial charge in [0.05, 0.1) is 5.56 Å². The van der Waals surface area contributed by atoms with Gasteiger partial charge in [-0.1, -0.05) is 0 Å². The molecule has 2 aliphatic heterocycles. The second-order valence-electron chi connectivity index (χ2n) is 5.86. The quantitative estimate of drug-likeness (QED) is 0.685. The molecular weight excluding hydrogens is 302 g/mol. The fraction of sp³-hybridized carbons (Fsp3) is 0.533. The summed E-state index contributed by atoms with van der Waals surface area (Å²) >= 11 is 0. The number of benzene rings is 1. The number of alkyl halides is 3. The topological polar surface area (TPSA) is 38.3 Å². The Labute approximate surface area is 124 Å². The number of Topliss-reactive ketones (excluding diaryl/α,β-unsaturated/α-hetero) is 1. The Balaban J connectivity index is 1.81. The van der Waals surface area contributed by atoms with E-state index in [1.165, 1.54) is 0 Å². The van der Waals surface area contributed by atoms with Gasteiger partial charge in [-0.15, -0.1) is 13.2 Å². The summed E-state index contributed by atoms with van der Waals surface area (Å²) in [5.41, 5.74) is -0.326. The lowest BCUT2D eigenvalue weighted by Crippen LogP contribution is -2.40. The minimum atomic E-state index is -4.87. The minimum absolute atomic E-state index is 0.241. The van der Waals surface area contributed by atoms with Crippen molar-refractivity contribution in [1.29, 1.82) is 0 Å². The van der Waals surface area contributed by atoms with E-state index in [1.54, 1.807) is 0 Å². The summed E-state index contributed by atoms with van der Waals surface area (Å²) in [4.78, 5) is 12.5. The van der Waals surface area contributed by atoms with E-state index in [9.17, 15) is 22.4 Å². The van der Waals surface area contributed by atoms with Gasteiger partial charge < -0.3 is 10.1 Å². The van der Waals surface area contributed by atoms with Crippen LogP contribution in [0, 0.1) is 11.7 Å². The van der Waals surface area contributed by atoms with Gasteiger partial charge in [0.1, 0.15) is 11.6 Å². The van der Waals surface area contributed by atoms with Crippen LogP contribution >= 0.6 is 0 Å². The molecule has 0 radical (unpaired) electrons. The molecule has 2 bridgehead atoms. The first-order valence-corrected chi connectivity index (χ1v) is 7.17. The van der Waals surface area contributed by atoms with Crippen molar-refractivity contribution in [3.8, 4) is 5.75 Å². The van der Waals surface area contributed by atoms with Crippen molar-refractivity contribution >= 4 is 5.78 Å². The zero-order chi connectivity index (χ0) is 15.9. The van der Waals surface area contributed by atoms with Crippen LogP contribution in [0.5, 0.6) is 5.75 Å². The maximum Gasteiger partial charge on any atom is 0.573 e. The third kappa shape index (κ3) is 3.24. The molecule has 1 N–H and O–H groups in total. The Morgan fingerprint density at radius 3 is 2.41 bits per heavy atom. The Hall–Kier alpha value is -1.63. The van der Waals surface area contributed by atoms with Crippen molar-refractivity contribution < 1.29 is 27.1 Å². The van der Waals surface area contributed by atoms with E-state index in [2.05, 4.69) is 10.1 Å². The van der Waals surface area contributed by atoms with Crippen molar-refractivity contribution in [2.24, 2.45) is 5.92 Å². The Morgan fingerprint density at radius 1 is 1.18 bits per heavy atom. The van der Waals surface area contributed by atoms with Crippen LogP contribution in [0.1, 0.15) is 36.0 Å². The van der Waals surface area contributed by atoms with Gasteiger partial charge in [-0.2, -0.15) is 0 Å². The van der Waals surface area contributed by atoms with E-state index < -0.39 is 23.7 Å². The van der Waals surface area contributed by atoms with Crippen molar-refractivity contribution in [3.63, 3.8) is 0 Å². The van der Waals surface area contributed by atoms with E-state index in [1.807, 2.05) is 0 Å². The summed E-state index contributed by atoms with van der Waals surface area (Å²) in [6.45, 7) is 0. The number of fused-ring (bicyclic) bond motifs is 2. The Bertz CT molecular complexity index is 575. The third-order valence-electron chi connectivity index (χ3n) is 4.28. The lowest BCUT2D eigenvalue weighted by Gasteiger charge is -2.28. The molecule has 0 aromatic heterocycles. The van der Waals surface area contributed by atoms with Crippen molar-refractivity contribution in [2.75, 3.05) is 0 Å². The van der Waals surface area contributed by atoms with E-state index in [-0.39, 0.29) is 23.6 Å². The molecule has 2 aliphatic rings. The molecule has 1 aromatic rings. The summed E-state index contributed by atoms with van der Waals surface area (Å²) < 4.78 is 54.3. The van der Waals surface area contributed by atoms with Crippen molar-refractivity contribution in [1.82, 2.24) is 5.32 Å². The highest BCUT2D eigenvalue weighted by molar-refractivity contribution is 5.98. The molecule has 2 fully saturated rings. The molecule has 0 amide bonds. The molecule has 2 saturated heterocycles. The molecule has 120 valence electrons. The maximum atomic E-state index is 13.8. The average molecular weight is 317 g/mol. The Kier molecular flexibility index (Phi) is 3.84. The van der Waals surface area contributed by atoms with E-state index in [0.29, 0.717) is 12.8 Å². The summed E-state index contributed by atoms with van der Waals surface area (Å²) in [6.07, 6.45) is -1.72. The number of carbonyl (C=O) groups is 1. The number of ketones is 1. The highest BCUT2D eigenvalue weighted by Gasteiger charge is 2.38. The van der Waals surface area contributed by atoms with Gasteiger partial charge in [0.2, 0.25) is 0 Å². The number of piperidine rings is 1. The zero-order valence-electron chi connectivity index (χ0n) is 11.6. The molecule has 7 heteroatoms. The molecule has 2 atom stereocenters. The number of carbonyl (C=O) groups excluding carboxylic acids is 1. The maximum absolute atomic E-state index is 13.8. The highest BCUT2D eigenvalue weighted by Crippen LogP contribution is 2.34. The highest BCUT2D eigenvalue weighted by atomic mass is 19.4. The van der Waals surface area contributed by atoms with Crippen LogP contribution in [-0.4, -0.2) is 24.2 Å². The fourth-order valence-corrected chi connectivity index (χ4v) is 3.38. The standard InChI is InChI=1S/C15H15F4NO2/c16-13-4-3-11(22-15(17,18)19)7-12(13)14(21)8-5-9-1-2-10(6-8)20-9/h3-4,7-10,20H,1-2,5-6H2. The predicted molar refractivity (Wildman–Crippen MR) is 70.1 cm³/mol. The van der Waals surface area contributed by atoms with Crippen LogP contribution in [0.4, 0.5) is 17.6 Å². The van der Waals surface area contributed by atoms with Crippen LogP contribution in [0.15, 0.2) is 18.2 Å². The number of hydrogen-bond acceptors (Lipinski definition) is 3. The van der Waals surface area contributed by atoms with Crippen molar-refractivity contribution in [3.05, 3.63) is 29.6 Å². The van der Waals surface area contributed by atoms with Gasteiger partial charge in [-0.25, -0.2) is 4.39 Å². The number of nitrogens with one attached hydrogen (secondary N) is 1. The fourth-order valence-electron chi connectivity index (χ4n) is 3.38. The average Bonchev–Trinajstić information content (AvgIpc) is 2.77. The predicted octanol–water partition coefficient (Wildman–Crippen LogP) is 3.44. The van der Waals surface area contributed by atoms with Crippen LogP contribution in [-0.2, 0) is 0 Å². The molecular formula is C15H15F4NO2. The Morgan fingerprint density at radius 2 is 1.82 bits per heavy atom. The number of ether oxygens (including phenoxy) is 1. The largest absolute Gasteiger partial charge is 0.573 e. The first-order chi connectivity index (χ1) is 10.3. The van der Waals surface area contributed by atoms with Gasteiger partial charge in [0.25, 0.3) is 0 Å². The lowest BCUT2D eigenvalue weighted by atomic mass is 9.85. The first kappa shape index (κ1) is 15.3. The van der Waals surface area contributed by atoms with E-state index in [0.717, 1.165) is 31.0 Å². The summed E-state index contributed by atoms with van der Waals surface area (Å²) in [7, 11) is 0. The van der Waals surface area contributed by atoms with Crippen LogP contribution in [0.25, 0.3) is 0 Å². The lowest BCUT2D eigenvalue weighted by molar-refractivity contribution is -0.274. The summed E-state index contributed by atoms with van der Waals surface area (Å²) in [6, 6.07) is 3.03. The zero-order valence-corrected chi connectivity index (χ0v) is 11.6. The normalized spacial score (nSPS) is 27.7. The summed E-state index contributed by atoms with van der Waals surface area (Å²) in [5, 5.41) is 3.36. The molecule has 3 nitrogen and oxygen atoms in total. The SMILES string of the molecule is O=C(c1cc(OC(F)(F)F)ccc1F)C1CC2CCC(C1)N2. The smallest absolute Gasteiger partial charge is 0.406 e. The van der Waals surface area contributed by atoms with Crippen LogP contribution in [0.3, 0.4) is 0 Å². The van der Waals surface area contributed by atoms with Gasteiger partial charge in [0.15, 0.2) is 5.78 Å². The third-order valence-corrected chi connectivity index (χ3v) is 4.28. The van der Waals surface area contributed by atoms with Crippen LogP contribution < -0.4 is 10.1 Å². The van der Waals surface area contributed by atoms with Gasteiger partial charge in [-0.3, -0.25) is 4.79 Å². The molecule has 0 aliphatic carbocycles. The van der Waals surface area contributed by atoms with E-state index >= 15 is 0 Å². The monoisotopic (exact) mass is 317 g/mol. The second kappa shape index (κ2) is 5.53. The molecule has 1 aromatic carbocycles. The molecule has 0 saturated carbocycles. The summed E-state index contributed by atoms with van der Waals surface area (Å²) in [5.74, 6) is -2.18. The molecule has 3 rings (SSSR count). The second-order valence-corrected chi connectivity index (χ2v) is 5.86. The van der Waals surface area contributed by atoms with Gasteiger partial charge in [-0.05, 0) is 43.9 Å². The van der Waals surface area contributed by atoms with Crippen molar-refractivity contribution in [2.45, 2.75) is 44.1 Å². The number of rotatable bonds is 3. The number of halogens is 4. The van der Waals surface area contributed by atoms with Gasteiger partial charge in [0, 0.05) is 18.0 Å². The van der Waals surface area contributed by atoms with E-state index in [4.69, 9.17) is 0 Å². The molecule has 0 spiro atoms. The van der Waals surface area contributed by atoms with Crippen LogP contribution in [0.2, 0.25) is 0 Å².